The van der Waals surface area contributed by atoms with E-state index in [9.17, 15) is 19.8 Å². The van der Waals surface area contributed by atoms with Crippen molar-refractivity contribution in [1.82, 2.24) is 9.55 Å². The van der Waals surface area contributed by atoms with Crippen LogP contribution in [0.3, 0.4) is 0 Å². The maximum atomic E-state index is 11.7. The minimum Gasteiger partial charge on any atom is -0.490 e. The molecule has 9 heteroatoms. The van der Waals surface area contributed by atoms with Crippen molar-refractivity contribution in [2.24, 2.45) is 0 Å². The van der Waals surface area contributed by atoms with Gasteiger partial charge >= 0.3 is 5.69 Å². The van der Waals surface area contributed by atoms with Crippen LogP contribution < -0.4 is 16.0 Å². The van der Waals surface area contributed by atoms with E-state index in [0.717, 1.165) is 16.3 Å². The Bertz CT molecular complexity index is 570. The lowest BCUT2D eigenvalue weighted by Crippen LogP contribution is -2.37. The fourth-order valence-electron chi connectivity index (χ4n) is 1.91. The van der Waals surface area contributed by atoms with Crippen LogP contribution in [0.4, 0.5) is 0 Å². The second-order valence-corrected chi connectivity index (χ2v) is 5.45. The van der Waals surface area contributed by atoms with Crippen LogP contribution in [0.1, 0.15) is 5.37 Å². The molecular weight excluding hydrogens is 276 g/mol. The van der Waals surface area contributed by atoms with Gasteiger partial charge in [-0.25, -0.2) is 4.79 Å². The van der Waals surface area contributed by atoms with Crippen molar-refractivity contribution in [3.8, 4) is 5.75 Å². The number of nitrogens with one attached hydrogen (secondary N) is 1. The molecule has 4 N–H and O–H groups in total. The van der Waals surface area contributed by atoms with E-state index in [1.807, 2.05) is 0 Å². The number of nitrogens with zero attached hydrogens (tertiary/aromatic N) is 1. The van der Waals surface area contributed by atoms with Gasteiger partial charge in [-0.3, -0.25) is 14.3 Å². The van der Waals surface area contributed by atoms with Gasteiger partial charge in [-0.15, -0.1) is 11.8 Å². The largest absolute Gasteiger partial charge is 0.490 e. The van der Waals surface area contributed by atoms with Crippen LogP contribution in [0.25, 0.3) is 0 Å². The lowest BCUT2D eigenvalue weighted by molar-refractivity contribution is 0.0100. The number of hydrogen-bond acceptors (Lipinski definition) is 7. The number of H-pyrrole nitrogens is 1. The zero-order valence-corrected chi connectivity index (χ0v) is 10.8. The molecule has 19 heavy (non-hydrogen) atoms. The van der Waals surface area contributed by atoms with Gasteiger partial charge in [0.1, 0.15) is 11.5 Å². The second kappa shape index (κ2) is 5.37. The van der Waals surface area contributed by atoms with Crippen LogP contribution in [0.2, 0.25) is 0 Å². The van der Waals surface area contributed by atoms with E-state index in [-0.39, 0.29) is 12.4 Å². The highest BCUT2D eigenvalue weighted by molar-refractivity contribution is 8.00. The van der Waals surface area contributed by atoms with Crippen molar-refractivity contribution in [3.05, 3.63) is 27.0 Å². The molecule has 2 rings (SSSR count). The number of aliphatic hydroxyl groups is 3. The van der Waals surface area contributed by atoms with E-state index in [0.29, 0.717) is 0 Å². The average Bonchev–Trinajstić information content (AvgIpc) is 2.67. The summed E-state index contributed by atoms with van der Waals surface area (Å²) in [6.07, 6.45) is -1.20. The van der Waals surface area contributed by atoms with E-state index in [4.69, 9.17) is 9.84 Å². The second-order valence-electron chi connectivity index (χ2n) is 4.09. The molecule has 0 aliphatic carbocycles. The Balaban J connectivity index is 2.43. The molecule has 0 spiro atoms. The molecule has 1 aliphatic heterocycles. The Morgan fingerprint density at radius 2 is 2.11 bits per heavy atom. The van der Waals surface area contributed by atoms with Gasteiger partial charge in [0.2, 0.25) is 5.75 Å². The first-order valence-corrected chi connectivity index (χ1v) is 6.45. The lowest BCUT2D eigenvalue weighted by atomic mass is 10.1. The van der Waals surface area contributed by atoms with Gasteiger partial charge in [0, 0.05) is 0 Å². The van der Waals surface area contributed by atoms with Crippen molar-refractivity contribution in [3.63, 3.8) is 0 Å². The first-order chi connectivity index (χ1) is 8.99. The first kappa shape index (κ1) is 14.1. The molecule has 4 atom stereocenters. The van der Waals surface area contributed by atoms with Gasteiger partial charge in [0.15, 0.2) is 0 Å². The summed E-state index contributed by atoms with van der Waals surface area (Å²) < 4.78 is 5.89. The van der Waals surface area contributed by atoms with Crippen LogP contribution in [0, 0.1) is 0 Å². The maximum absolute atomic E-state index is 11.7. The molecule has 0 bridgehead atoms. The quantitative estimate of drug-likeness (QED) is 0.501. The molecule has 4 unspecified atom stereocenters. The number of thioether (sulfide) groups is 1. The van der Waals surface area contributed by atoms with E-state index in [2.05, 4.69) is 4.98 Å². The van der Waals surface area contributed by atoms with Crippen molar-refractivity contribution < 1.29 is 20.1 Å². The van der Waals surface area contributed by atoms with Crippen molar-refractivity contribution in [2.45, 2.75) is 22.8 Å². The molecule has 1 aromatic rings. The Morgan fingerprint density at radius 1 is 1.42 bits per heavy atom. The van der Waals surface area contributed by atoms with E-state index < -0.39 is 34.1 Å². The predicted molar refractivity (Wildman–Crippen MR) is 67.4 cm³/mol. The number of ether oxygens (including phenoxy) is 1. The van der Waals surface area contributed by atoms with Crippen molar-refractivity contribution >= 4 is 11.8 Å². The zero-order valence-electron chi connectivity index (χ0n) is 10.0. The molecule has 8 nitrogen and oxygen atoms in total. The van der Waals surface area contributed by atoms with Gasteiger partial charge in [-0.1, -0.05) is 0 Å². The Labute approximate surface area is 111 Å². The van der Waals surface area contributed by atoms with Crippen LogP contribution in [0.5, 0.6) is 5.75 Å². The molecule has 0 amide bonds. The summed E-state index contributed by atoms with van der Waals surface area (Å²) in [5, 5.41) is 27.3. The molecule has 1 aromatic heterocycles. The predicted octanol–water partition coefficient (Wildman–Crippen LogP) is -2.13. The minimum atomic E-state index is -1.23. The smallest absolute Gasteiger partial charge is 0.329 e. The lowest BCUT2D eigenvalue weighted by Gasteiger charge is -2.17. The van der Waals surface area contributed by atoms with Crippen LogP contribution >= 0.6 is 11.8 Å². The summed E-state index contributed by atoms with van der Waals surface area (Å²) >= 11 is 1.05. The van der Waals surface area contributed by atoms with Crippen molar-refractivity contribution in [2.75, 3.05) is 13.7 Å². The van der Waals surface area contributed by atoms with E-state index in [1.54, 1.807) is 0 Å². The maximum Gasteiger partial charge on any atom is 0.329 e. The molecule has 1 aliphatic rings. The van der Waals surface area contributed by atoms with Gasteiger partial charge in [0.25, 0.3) is 5.56 Å². The number of methoxy groups -OCH3 is 1. The molecule has 2 heterocycles. The third kappa shape index (κ3) is 2.41. The minimum absolute atomic E-state index is 0.0747. The molecule has 1 fully saturated rings. The molecule has 0 saturated carbocycles. The zero-order chi connectivity index (χ0) is 14.2. The van der Waals surface area contributed by atoms with Gasteiger partial charge in [0.05, 0.1) is 31.3 Å². The summed E-state index contributed by atoms with van der Waals surface area (Å²) in [5.41, 5.74) is -1.38. The summed E-state index contributed by atoms with van der Waals surface area (Å²) in [5.74, 6) is -0.0747. The van der Waals surface area contributed by atoms with Gasteiger partial charge in [-0.2, -0.15) is 0 Å². The number of aromatic amines is 1. The average molecular weight is 290 g/mol. The standard InChI is InChI=1S/C10H14N2O6S/c1-18-4-2-12(10(17)11-8(4)16)9-7(15)6(14)5(3-13)19-9/h2,5-7,9,13-15H,3H2,1H3,(H,11,16,17). The third-order valence-corrected chi connectivity index (χ3v) is 4.51. The number of aromatic nitrogens is 2. The van der Waals surface area contributed by atoms with Crippen molar-refractivity contribution in [1.29, 1.82) is 0 Å². The monoisotopic (exact) mass is 290 g/mol. The normalized spacial score (nSPS) is 30.5. The summed E-state index contributed by atoms with van der Waals surface area (Å²) in [6, 6.07) is 0. The van der Waals surface area contributed by atoms with Crippen LogP contribution in [0.15, 0.2) is 15.8 Å². The van der Waals surface area contributed by atoms with Gasteiger partial charge in [-0.05, 0) is 0 Å². The van der Waals surface area contributed by atoms with Gasteiger partial charge < -0.3 is 20.1 Å². The Morgan fingerprint density at radius 3 is 2.63 bits per heavy atom. The first-order valence-electron chi connectivity index (χ1n) is 5.51. The summed E-state index contributed by atoms with van der Waals surface area (Å²) in [4.78, 5) is 25.1. The molecule has 0 aromatic carbocycles. The number of hydrogen-bond donors (Lipinski definition) is 4. The fourth-order valence-corrected chi connectivity index (χ4v) is 3.29. The number of rotatable bonds is 3. The summed E-state index contributed by atoms with van der Waals surface area (Å²) in [6.45, 7) is -0.325. The molecule has 1 saturated heterocycles. The SMILES string of the molecule is COc1cn(C2SC(CO)C(O)C2O)c(=O)[nH]c1=O. The highest BCUT2D eigenvalue weighted by Gasteiger charge is 2.43. The van der Waals surface area contributed by atoms with E-state index in [1.165, 1.54) is 13.3 Å². The summed E-state index contributed by atoms with van der Waals surface area (Å²) in [7, 11) is 1.28. The Kier molecular flexibility index (Phi) is 3.99. The fraction of sp³-hybridized carbons (Fsp3) is 0.600. The topological polar surface area (TPSA) is 125 Å². The molecular formula is C10H14N2O6S. The number of aliphatic hydroxyl groups excluding tert-OH is 3. The molecule has 106 valence electrons. The van der Waals surface area contributed by atoms with Crippen LogP contribution in [-0.2, 0) is 0 Å². The highest BCUT2D eigenvalue weighted by Crippen LogP contribution is 2.40. The van der Waals surface area contributed by atoms with E-state index >= 15 is 0 Å². The highest BCUT2D eigenvalue weighted by atomic mass is 32.2. The molecule has 0 radical (unpaired) electrons. The van der Waals surface area contributed by atoms with Crippen LogP contribution in [-0.4, -0.2) is 56.0 Å². The Hall–Kier alpha value is -1.29. The third-order valence-electron chi connectivity index (χ3n) is 2.95.